The average Bonchev–Trinajstić information content (AvgIpc) is 2.59. The fraction of sp³-hybridized carbons (Fsp3) is 0.263. The molecule has 1 N–H and O–H groups in total. The molecule has 25 heavy (non-hydrogen) atoms. The number of halogens is 2. The number of benzene rings is 1. The third kappa shape index (κ3) is 2.59. The molecule has 1 aromatic carbocycles. The van der Waals surface area contributed by atoms with Crippen LogP contribution in [0.25, 0.3) is 11.3 Å². The maximum atomic E-state index is 14.7. The van der Waals surface area contributed by atoms with Gasteiger partial charge < -0.3 is 9.84 Å². The number of aromatic nitrogens is 1. The van der Waals surface area contributed by atoms with E-state index >= 15 is 0 Å². The Morgan fingerprint density at radius 1 is 1.32 bits per heavy atom. The van der Waals surface area contributed by atoms with Crippen molar-refractivity contribution in [1.82, 2.24) is 4.98 Å². The zero-order valence-electron chi connectivity index (χ0n) is 14.1. The van der Waals surface area contributed by atoms with Gasteiger partial charge in [-0.15, -0.1) is 0 Å². The largest absolute Gasteiger partial charge is 0.506 e. The molecule has 0 amide bonds. The number of allylic oxidation sites excluding steroid dienone is 1. The molecule has 0 saturated carbocycles. The zero-order chi connectivity index (χ0) is 18.4. The van der Waals surface area contributed by atoms with Crippen LogP contribution in [0.15, 0.2) is 30.5 Å². The molecule has 1 aliphatic rings. The molecule has 6 heteroatoms. The number of ether oxygens (including phenoxy) is 1. The van der Waals surface area contributed by atoms with E-state index in [4.69, 9.17) is 16.3 Å². The van der Waals surface area contributed by atoms with Crippen LogP contribution >= 0.6 is 11.6 Å². The molecule has 0 unspecified atom stereocenters. The van der Waals surface area contributed by atoms with Gasteiger partial charge in [-0.3, -0.25) is 9.78 Å². The first-order valence-electron chi connectivity index (χ1n) is 7.85. The van der Waals surface area contributed by atoms with Crippen molar-refractivity contribution in [3.8, 4) is 5.75 Å². The topological polar surface area (TPSA) is 59.4 Å². The van der Waals surface area contributed by atoms with Crippen LogP contribution in [-0.2, 0) is 10.2 Å². The van der Waals surface area contributed by atoms with Gasteiger partial charge in [-0.2, -0.15) is 0 Å². The number of aliphatic hydroxyl groups excluding tert-OH is 1. The Morgan fingerprint density at radius 2 is 2.04 bits per heavy atom. The molecule has 0 fully saturated rings. The molecule has 130 valence electrons. The fourth-order valence-electron chi connectivity index (χ4n) is 3.04. The molecule has 1 aromatic heterocycles. The SMILES string of the molecule is CCOc1c(Cl)ccc(F)c1C1=C(O)c2cccnc2C(C)(C)C1=O. The van der Waals surface area contributed by atoms with Gasteiger partial charge in [0.1, 0.15) is 17.3 Å². The van der Waals surface area contributed by atoms with Crippen molar-refractivity contribution in [1.29, 1.82) is 0 Å². The van der Waals surface area contributed by atoms with E-state index in [2.05, 4.69) is 4.98 Å². The van der Waals surface area contributed by atoms with Gasteiger partial charge in [-0.25, -0.2) is 4.39 Å². The van der Waals surface area contributed by atoms with Crippen LogP contribution in [0.1, 0.15) is 37.6 Å². The first-order chi connectivity index (χ1) is 11.8. The standard InChI is InChI=1S/C19H17ClFNO3/c1-4-25-16-11(20)7-8-12(21)13(16)14-15(23)10-6-5-9-22-17(10)19(2,3)18(14)24/h5-9,23H,4H2,1-3H3. The molecule has 0 atom stereocenters. The second-order valence-electron chi connectivity index (χ2n) is 6.24. The molecule has 0 aliphatic heterocycles. The minimum Gasteiger partial charge on any atom is -0.506 e. The van der Waals surface area contributed by atoms with Gasteiger partial charge in [-0.05, 0) is 45.0 Å². The summed E-state index contributed by atoms with van der Waals surface area (Å²) in [5.41, 5.74) is -0.463. The Labute approximate surface area is 149 Å². The van der Waals surface area contributed by atoms with Crippen molar-refractivity contribution in [2.45, 2.75) is 26.2 Å². The van der Waals surface area contributed by atoms with Gasteiger partial charge in [0.25, 0.3) is 0 Å². The van der Waals surface area contributed by atoms with E-state index in [9.17, 15) is 14.3 Å². The van der Waals surface area contributed by atoms with Crippen molar-refractivity contribution in [3.63, 3.8) is 0 Å². The number of carbonyl (C=O) groups is 1. The van der Waals surface area contributed by atoms with E-state index in [0.717, 1.165) is 6.07 Å². The Balaban J connectivity index is 2.39. The van der Waals surface area contributed by atoms with Crippen molar-refractivity contribution in [2.24, 2.45) is 0 Å². The summed E-state index contributed by atoms with van der Waals surface area (Å²) in [5, 5.41) is 10.9. The number of Topliss-reactive ketones (excluding diaryl/α,β-unsaturated/α-hetero) is 1. The molecule has 0 saturated heterocycles. The molecule has 0 spiro atoms. The van der Waals surface area contributed by atoms with E-state index in [1.54, 1.807) is 39.1 Å². The summed E-state index contributed by atoms with van der Waals surface area (Å²) in [5.74, 6) is -1.42. The quantitative estimate of drug-likeness (QED) is 0.870. The highest BCUT2D eigenvalue weighted by atomic mass is 35.5. The summed E-state index contributed by atoms with van der Waals surface area (Å²) in [6.07, 6.45) is 1.55. The minimum absolute atomic E-state index is 0.0437. The minimum atomic E-state index is -1.03. The predicted molar refractivity (Wildman–Crippen MR) is 94.3 cm³/mol. The lowest BCUT2D eigenvalue weighted by atomic mass is 9.72. The van der Waals surface area contributed by atoms with Gasteiger partial charge in [0.05, 0.1) is 33.9 Å². The van der Waals surface area contributed by atoms with Crippen LogP contribution in [-0.4, -0.2) is 22.5 Å². The van der Waals surface area contributed by atoms with Crippen LogP contribution in [0.5, 0.6) is 5.75 Å². The number of pyridine rings is 1. The molecular formula is C19H17ClFNO3. The van der Waals surface area contributed by atoms with Crippen molar-refractivity contribution in [3.05, 3.63) is 58.1 Å². The molecule has 0 radical (unpaired) electrons. The van der Waals surface area contributed by atoms with Gasteiger partial charge in [0, 0.05) is 11.8 Å². The molecular weight excluding hydrogens is 345 g/mol. The monoisotopic (exact) mass is 361 g/mol. The van der Waals surface area contributed by atoms with E-state index in [1.165, 1.54) is 6.07 Å². The Morgan fingerprint density at radius 3 is 2.72 bits per heavy atom. The highest BCUT2D eigenvalue weighted by Crippen LogP contribution is 2.46. The maximum Gasteiger partial charge on any atom is 0.179 e. The summed E-state index contributed by atoms with van der Waals surface area (Å²) < 4.78 is 20.1. The number of hydrogen-bond donors (Lipinski definition) is 1. The van der Waals surface area contributed by atoms with Crippen molar-refractivity contribution < 1.29 is 19.0 Å². The third-order valence-electron chi connectivity index (χ3n) is 4.28. The molecule has 3 rings (SSSR count). The summed E-state index contributed by atoms with van der Waals surface area (Å²) in [6.45, 7) is 5.35. The lowest BCUT2D eigenvalue weighted by molar-refractivity contribution is -0.118. The summed E-state index contributed by atoms with van der Waals surface area (Å²) >= 11 is 6.15. The van der Waals surface area contributed by atoms with Gasteiger partial charge in [0.15, 0.2) is 5.78 Å². The second kappa shape index (κ2) is 6.15. The molecule has 0 bridgehead atoms. The number of fused-ring (bicyclic) bond motifs is 1. The number of ketones is 1. The van der Waals surface area contributed by atoms with Gasteiger partial charge in [0.2, 0.25) is 0 Å². The van der Waals surface area contributed by atoms with E-state index in [0.29, 0.717) is 11.3 Å². The summed E-state index contributed by atoms with van der Waals surface area (Å²) in [7, 11) is 0. The highest BCUT2D eigenvalue weighted by molar-refractivity contribution is 6.35. The van der Waals surface area contributed by atoms with Gasteiger partial charge in [-0.1, -0.05) is 11.6 Å². The number of aliphatic hydroxyl groups is 1. The molecule has 2 aromatic rings. The van der Waals surface area contributed by atoms with E-state index < -0.39 is 17.0 Å². The van der Waals surface area contributed by atoms with Crippen molar-refractivity contribution >= 4 is 28.7 Å². The molecule has 1 aliphatic carbocycles. The molecule has 1 heterocycles. The first-order valence-corrected chi connectivity index (χ1v) is 8.23. The summed E-state index contributed by atoms with van der Waals surface area (Å²) in [6, 6.07) is 5.81. The van der Waals surface area contributed by atoms with Crippen molar-refractivity contribution in [2.75, 3.05) is 6.61 Å². The van der Waals surface area contributed by atoms with Crippen LogP contribution in [0.3, 0.4) is 0 Å². The summed E-state index contributed by atoms with van der Waals surface area (Å²) in [4.78, 5) is 17.4. The number of rotatable bonds is 3. The highest BCUT2D eigenvalue weighted by Gasteiger charge is 2.44. The Kier molecular flexibility index (Phi) is 4.29. The van der Waals surface area contributed by atoms with E-state index in [-0.39, 0.29) is 34.3 Å². The molecule has 4 nitrogen and oxygen atoms in total. The van der Waals surface area contributed by atoms with Crippen LogP contribution < -0.4 is 4.74 Å². The average molecular weight is 362 g/mol. The zero-order valence-corrected chi connectivity index (χ0v) is 14.8. The van der Waals surface area contributed by atoms with Crippen LogP contribution in [0.4, 0.5) is 4.39 Å². The van der Waals surface area contributed by atoms with Gasteiger partial charge >= 0.3 is 0 Å². The maximum absolute atomic E-state index is 14.7. The predicted octanol–water partition coefficient (Wildman–Crippen LogP) is 4.56. The van der Waals surface area contributed by atoms with Crippen LogP contribution in [0, 0.1) is 5.82 Å². The number of nitrogens with zero attached hydrogens (tertiary/aromatic N) is 1. The third-order valence-corrected chi connectivity index (χ3v) is 4.58. The lowest BCUT2D eigenvalue weighted by Crippen LogP contribution is -2.36. The smallest absolute Gasteiger partial charge is 0.179 e. The number of carbonyl (C=O) groups excluding carboxylic acids is 1. The fourth-order valence-corrected chi connectivity index (χ4v) is 3.25. The Bertz CT molecular complexity index is 906. The second-order valence-corrected chi connectivity index (χ2v) is 6.65. The Hall–Kier alpha value is -2.40. The van der Waals surface area contributed by atoms with E-state index in [1.807, 2.05) is 0 Å². The number of hydrogen-bond acceptors (Lipinski definition) is 4. The lowest BCUT2D eigenvalue weighted by Gasteiger charge is -2.31. The van der Waals surface area contributed by atoms with Crippen LogP contribution in [0.2, 0.25) is 5.02 Å². The first kappa shape index (κ1) is 17.4. The normalized spacial score (nSPS) is 16.0.